The quantitative estimate of drug-likeness (QED) is 0.848. The van der Waals surface area contributed by atoms with Gasteiger partial charge in [0, 0.05) is 24.5 Å². The summed E-state index contributed by atoms with van der Waals surface area (Å²) in [5.74, 6) is 0.576. The topological polar surface area (TPSA) is 71.8 Å². The summed E-state index contributed by atoms with van der Waals surface area (Å²) in [5.41, 5.74) is 3.35. The van der Waals surface area contributed by atoms with Crippen LogP contribution in [0, 0.1) is 5.92 Å². The van der Waals surface area contributed by atoms with E-state index in [1.54, 1.807) is 11.0 Å². The van der Waals surface area contributed by atoms with Gasteiger partial charge < -0.3 is 10.6 Å². The van der Waals surface area contributed by atoms with Crippen LogP contribution in [0.4, 0.5) is 4.79 Å². The predicted octanol–water partition coefficient (Wildman–Crippen LogP) is 2.26. The molecule has 0 bridgehead atoms. The molecule has 3 atom stereocenters. The maximum absolute atomic E-state index is 12.1. The molecule has 4 rings (SSSR count). The van der Waals surface area contributed by atoms with E-state index in [0.717, 1.165) is 19.5 Å². The van der Waals surface area contributed by atoms with E-state index in [1.165, 1.54) is 36.7 Å². The van der Waals surface area contributed by atoms with E-state index < -0.39 is 0 Å². The Balaban J connectivity index is 1.21. The number of amides is 2. The van der Waals surface area contributed by atoms with Crippen molar-refractivity contribution >= 4 is 6.03 Å². The van der Waals surface area contributed by atoms with Crippen molar-refractivity contribution in [2.24, 2.45) is 5.92 Å². The zero-order valence-corrected chi connectivity index (χ0v) is 14.6. The highest BCUT2D eigenvalue weighted by atomic mass is 16.2. The highest BCUT2D eigenvalue weighted by molar-refractivity contribution is 5.74. The summed E-state index contributed by atoms with van der Waals surface area (Å²) in [6, 6.07) is 8.81. The number of aryl methyl sites for hydroxylation is 2. The lowest BCUT2D eigenvalue weighted by Gasteiger charge is -2.16. The second kappa shape index (κ2) is 6.50. The molecule has 1 saturated carbocycles. The second-order valence-corrected chi connectivity index (χ2v) is 7.42. The molecule has 0 unspecified atom stereocenters. The minimum absolute atomic E-state index is 0.0700. The maximum Gasteiger partial charge on any atom is 0.315 e. The maximum atomic E-state index is 12.1. The van der Waals surface area contributed by atoms with Gasteiger partial charge in [-0.1, -0.05) is 24.3 Å². The molecule has 0 saturated heterocycles. The molecular formula is C19H25N5O. The first-order valence-corrected chi connectivity index (χ1v) is 9.12. The van der Waals surface area contributed by atoms with Crippen molar-refractivity contribution in [1.82, 2.24) is 25.4 Å². The van der Waals surface area contributed by atoms with E-state index in [1.807, 2.05) is 6.92 Å². The predicted molar refractivity (Wildman–Crippen MR) is 95.2 cm³/mol. The monoisotopic (exact) mass is 339 g/mol. The molecule has 1 heterocycles. The Labute approximate surface area is 148 Å². The van der Waals surface area contributed by atoms with Crippen LogP contribution in [-0.4, -0.2) is 33.4 Å². The number of carbonyl (C=O) groups excluding carboxylic acids is 1. The zero-order chi connectivity index (χ0) is 17.3. The summed E-state index contributed by atoms with van der Waals surface area (Å²) >= 11 is 0. The normalized spacial score (nSPS) is 24.8. The third-order valence-corrected chi connectivity index (χ3v) is 5.77. The van der Waals surface area contributed by atoms with Crippen LogP contribution in [0.25, 0.3) is 0 Å². The molecule has 1 aromatic carbocycles. The summed E-state index contributed by atoms with van der Waals surface area (Å²) in [5, 5.41) is 10.1. The highest BCUT2D eigenvalue weighted by Crippen LogP contribution is 2.61. The molecule has 132 valence electrons. The fourth-order valence-electron chi connectivity index (χ4n) is 4.24. The fourth-order valence-corrected chi connectivity index (χ4v) is 4.24. The Morgan fingerprint density at radius 1 is 1.44 bits per heavy atom. The number of aromatic nitrogens is 3. The van der Waals surface area contributed by atoms with E-state index in [-0.39, 0.29) is 12.1 Å². The van der Waals surface area contributed by atoms with Gasteiger partial charge in [0.2, 0.25) is 0 Å². The van der Waals surface area contributed by atoms with E-state index in [2.05, 4.69) is 45.0 Å². The van der Waals surface area contributed by atoms with Crippen LogP contribution in [0.1, 0.15) is 37.3 Å². The van der Waals surface area contributed by atoms with Gasteiger partial charge in [0.1, 0.15) is 12.7 Å². The number of urea groups is 1. The van der Waals surface area contributed by atoms with Crippen molar-refractivity contribution in [1.29, 1.82) is 0 Å². The van der Waals surface area contributed by atoms with Crippen molar-refractivity contribution in [3.8, 4) is 0 Å². The van der Waals surface area contributed by atoms with Crippen LogP contribution >= 0.6 is 0 Å². The number of nitrogens with one attached hydrogen (secondary N) is 2. The first-order valence-electron chi connectivity index (χ1n) is 9.12. The van der Waals surface area contributed by atoms with E-state index in [9.17, 15) is 4.79 Å². The molecule has 2 amide bonds. The lowest BCUT2D eigenvalue weighted by molar-refractivity contribution is 0.236. The van der Waals surface area contributed by atoms with Crippen LogP contribution < -0.4 is 10.6 Å². The molecule has 1 aromatic heterocycles. The van der Waals surface area contributed by atoms with E-state index >= 15 is 0 Å². The second-order valence-electron chi connectivity index (χ2n) is 7.42. The first-order chi connectivity index (χ1) is 12.2. The largest absolute Gasteiger partial charge is 0.338 e. The first kappa shape index (κ1) is 16.1. The van der Waals surface area contributed by atoms with E-state index in [0.29, 0.717) is 11.3 Å². The number of hydrogen-bond donors (Lipinski definition) is 2. The van der Waals surface area contributed by atoms with Gasteiger partial charge >= 0.3 is 6.03 Å². The zero-order valence-electron chi connectivity index (χ0n) is 14.6. The number of fused-ring (bicyclic) bond motifs is 2. The molecule has 25 heavy (non-hydrogen) atoms. The minimum atomic E-state index is -0.0700. The van der Waals surface area contributed by atoms with Crippen LogP contribution in [-0.2, 0) is 18.4 Å². The Kier molecular flexibility index (Phi) is 4.19. The average Bonchev–Trinajstić information content (AvgIpc) is 2.95. The summed E-state index contributed by atoms with van der Waals surface area (Å²) < 4.78 is 1.78. The van der Waals surface area contributed by atoms with Crippen LogP contribution in [0.2, 0.25) is 0 Å². The van der Waals surface area contributed by atoms with Crippen LogP contribution in [0.5, 0.6) is 0 Å². The Morgan fingerprint density at radius 3 is 3.16 bits per heavy atom. The number of benzene rings is 1. The van der Waals surface area contributed by atoms with Crippen LogP contribution in [0.3, 0.4) is 0 Å². The fraction of sp³-hybridized carbons (Fsp3) is 0.526. The van der Waals surface area contributed by atoms with Gasteiger partial charge in [-0.25, -0.2) is 9.78 Å². The van der Waals surface area contributed by atoms with Gasteiger partial charge in [0.05, 0.1) is 0 Å². The van der Waals surface area contributed by atoms with Crippen molar-refractivity contribution in [2.75, 3.05) is 6.54 Å². The lowest BCUT2D eigenvalue weighted by Crippen LogP contribution is -2.42. The number of rotatable bonds is 6. The third kappa shape index (κ3) is 3.25. The molecule has 2 aliphatic carbocycles. The molecule has 0 radical (unpaired) electrons. The average molecular weight is 339 g/mol. The van der Waals surface area contributed by atoms with Gasteiger partial charge in [-0.15, -0.1) is 0 Å². The summed E-state index contributed by atoms with van der Waals surface area (Å²) in [4.78, 5) is 16.1. The lowest BCUT2D eigenvalue weighted by atomic mass is 9.95. The van der Waals surface area contributed by atoms with Crippen molar-refractivity contribution in [3.63, 3.8) is 0 Å². The van der Waals surface area contributed by atoms with Crippen molar-refractivity contribution in [3.05, 3.63) is 48.0 Å². The van der Waals surface area contributed by atoms with E-state index in [4.69, 9.17) is 0 Å². The molecule has 1 fully saturated rings. The van der Waals surface area contributed by atoms with Gasteiger partial charge in [-0.05, 0) is 49.7 Å². The summed E-state index contributed by atoms with van der Waals surface area (Å²) in [6.45, 7) is 3.53. The highest BCUT2D eigenvalue weighted by Gasteiger charge is 2.57. The van der Waals surface area contributed by atoms with Gasteiger partial charge in [-0.2, -0.15) is 5.10 Å². The van der Waals surface area contributed by atoms with Crippen LogP contribution in [0.15, 0.2) is 36.9 Å². The molecule has 2 aromatic rings. The molecule has 0 aliphatic heterocycles. The van der Waals surface area contributed by atoms with Crippen molar-refractivity contribution in [2.45, 2.75) is 50.6 Å². The smallest absolute Gasteiger partial charge is 0.315 e. The molecule has 6 heteroatoms. The third-order valence-electron chi connectivity index (χ3n) is 5.77. The van der Waals surface area contributed by atoms with Gasteiger partial charge in [0.25, 0.3) is 0 Å². The Bertz CT molecular complexity index is 744. The van der Waals surface area contributed by atoms with Gasteiger partial charge in [0.15, 0.2) is 0 Å². The molecule has 2 aliphatic rings. The minimum Gasteiger partial charge on any atom is -0.338 e. The number of hydrogen-bond acceptors (Lipinski definition) is 3. The Morgan fingerprint density at radius 2 is 2.32 bits per heavy atom. The number of nitrogens with zero attached hydrogens (tertiary/aromatic N) is 3. The summed E-state index contributed by atoms with van der Waals surface area (Å²) in [7, 11) is 0. The molecular weight excluding hydrogens is 314 g/mol. The molecule has 2 N–H and O–H groups in total. The molecule has 1 spiro atoms. The van der Waals surface area contributed by atoms with Crippen molar-refractivity contribution < 1.29 is 4.79 Å². The number of carbonyl (C=O) groups is 1. The van der Waals surface area contributed by atoms with Gasteiger partial charge in [-0.3, -0.25) is 4.68 Å². The summed E-state index contributed by atoms with van der Waals surface area (Å²) in [6.07, 6.45) is 7.66. The SMILES string of the molecule is C[C@H](CCn1cncn1)NC(=O)NC[C@H]1C[C@@]12CCc1ccccc12. The Hall–Kier alpha value is -2.37. The standard InChI is InChI=1S/C19H25N5O/c1-14(7-9-24-13-20-12-22-24)23-18(25)21-11-16-10-19(16)8-6-15-4-2-3-5-17(15)19/h2-5,12-14,16H,6-11H2,1H3,(H2,21,23,25)/t14-,16-,19+/m1/s1. The molecule has 6 nitrogen and oxygen atoms in total.